The van der Waals surface area contributed by atoms with E-state index in [0.717, 1.165) is 5.56 Å². The minimum atomic E-state index is -3.58. The first-order valence-corrected chi connectivity index (χ1v) is 11.9. The predicted molar refractivity (Wildman–Crippen MR) is 118 cm³/mol. The second-order valence-electron chi connectivity index (χ2n) is 7.69. The molecule has 7 nitrogen and oxygen atoms in total. The number of aliphatic carboxylic acids is 1. The Kier molecular flexibility index (Phi) is 7.46. The van der Waals surface area contributed by atoms with E-state index in [2.05, 4.69) is 0 Å². The molecule has 9 heteroatoms. The largest absolute Gasteiger partial charge is 0.491 e. The van der Waals surface area contributed by atoms with Crippen molar-refractivity contribution in [2.45, 2.75) is 43.6 Å². The van der Waals surface area contributed by atoms with E-state index in [-0.39, 0.29) is 16.9 Å². The van der Waals surface area contributed by atoms with E-state index in [1.54, 1.807) is 36.4 Å². The number of ether oxygens (including phenoxy) is 2. The van der Waals surface area contributed by atoms with Gasteiger partial charge >= 0.3 is 5.97 Å². The van der Waals surface area contributed by atoms with Gasteiger partial charge in [0.25, 0.3) is 0 Å². The number of piperidine rings is 1. The summed E-state index contributed by atoms with van der Waals surface area (Å²) in [7, 11) is -3.58. The van der Waals surface area contributed by atoms with Crippen LogP contribution < -0.4 is 9.47 Å². The fourth-order valence-corrected chi connectivity index (χ4v) is 5.21. The van der Waals surface area contributed by atoms with E-state index < -0.39 is 22.6 Å². The van der Waals surface area contributed by atoms with Crippen LogP contribution in [0, 0.1) is 0 Å². The summed E-state index contributed by atoms with van der Waals surface area (Å²) >= 11 is 6.09. The standard InChI is InChI=1S/C22H26ClNO6S/c1-15(2)30-18-4-6-19(7-5-18)31(27,28)24-11-9-16(10-12-24)17-3-8-20(23)21(13-17)29-14-22(25)26/h3-8,13,15-16H,9-12,14H2,1-2H3,(H,25,26). The van der Waals surface area contributed by atoms with Gasteiger partial charge in [-0.05, 0) is 74.6 Å². The number of carbonyl (C=O) groups is 1. The number of hydrogen-bond donors (Lipinski definition) is 1. The van der Waals surface area contributed by atoms with E-state index in [0.29, 0.717) is 42.5 Å². The Hall–Kier alpha value is -2.29. The molecular formula is C22H26ClNO6S. The zero-order chi connectivity index (χ0) is 22.6. The van der Waals surface area contributed by atoms with Gasteiger partial charge < -0.3 is 14.6 Å². The highest BCUT2D eigenvalue weighted by atomic mass is 35.5. The van der Waals surface area contributed by atoms with Crippen LogP contribution in [0.4, 0.5) is 0 Å². The Balaban J connectivity index is 1.66. The molecule has 1 aliphatic rings. The molecule has 0 spiro atoms. The lowest BCUT2D eigenvalue weighted by molar-refractivity contribution is -0.139. The molecule has 0 saturated carbocycles. The number of carboxylic acid groups (broad SMARTS) is 1. The van der Waals surface area contributed by atoms with Crippen LogP contribution in [0.3, 0.4) is 0 Å². The first-order chi connectivity index (χ1) is 14.7. The number of halogens is 1. The summed E-state index contributed by atoms with van der Waals surface area (Å²) in [6.45, 7) is 4.14. The molecular weight excluding hydrogens is 442 g/mol. The van der Waals surface area contributed by atoms with Gasteiger partial charge in [-0.1, -0.05) is 17.7 Å². The van der Waals surface area contributed by atoms with Gasteiger partial charge in [0, 0.05) is 13.1 Å². The van der Waals surface area contributed by atoms with Gasteiger partial charge in [0.1, 0.15) is 11.5 Å². The molecule has 2 aromatic rings. The second-order valence-corrected chi connectivity index (χ2v) is 10.0. The Morgan fingerprint density at radius 2 is 1.81 bits per heavy atom. The number of hydrogen-bond acceptors (Lipinski definition) is 5. The molecule has 0 amide bonds. The van der Waals surface area contributed by atoms with Gasteiger partial charge in [-0.2, -0.15) is 4.31 Å². The molecule has 31 heavy (non-hydrogen) atoms. The topological polar surface area (TPSA) is 93.1 Å². The molecule has 0 aromatic heterocycles. The molecule has 0 bridgehead atoms. The number of rotatable bonds is 8. The van der Waals surface area contributed by atoms with E-state index in [4.69, 9.17) is 26.2 Å². The van der Waals surface area contributed by atoms with Crippen LogP contribution in [0.15, 0.2) is 47.4 Å². The highest BCUT2D eigenvalue weighted by Gasteiger charge is 2.30. The van der Waals surface area contributed by atoms with E-state index in [1.807, 2.05) is 19.9 Å². The molecule has 0 unspecified atom stereocenters. The summed E-state index contributed by atoms with van der Waals surface area (Å²) in [4.78, 5) is 11.0. The van der Waals surface area contributed by atoms with E-state index in [9.17, 15) is 13.2 Å². The van der Waals surface area contributed by atoms with Crippen molar-refractivity contribution >= 4 is 27.6 Å². The van der Waals surface area contributed by atoms with Crippen LogP contribution >= 0.6 is 11.6 Å². The van der Waals surface area contributed by atoms with Crippen LogP contribution in [-0.2, 0) is 14.8 Å². The monoisotopic (exact) mass is 467 g/mol. The predicted octanol–water partition coefficient (Wildman–Crippen LogP) is 4.16. The highest BCUT2D eigenvalue weighted by Crippen LogP contribution is 2.35. The molecule has 0 aliphatic carbocycles. The van der Waals surface area contributed by atoms with Crippen LogP contribution in [0.5, 0.6) is 11.5 Å². The van der Waals surface area contributed by atoms with Crippen molar-refractivity contribution in [2.24, 2.45) is 0 Å². The molecule has 2 aromatic carbocycles. The SMILES string of the molecule is CC(C)Oc1ccc(S(=O)(=O)N2CCC(c3ccc(Cl)c(OCC(=O)O)c3)CC2)cc1. The number of carboxylic acids is 1. The number of nitrogens with zero attached hydrogens (tertiary/aromatic N) is 1. The Morgan fingerprint density at radius 3 is 2.39 bits per heavy atom. The summed E-state index contributed by atoms with van der Waals surface area (Å²) in [5.74, 6) is 0.0122. The van der Waals surface area contributed by atoms with Crippen molar-refractivity contribution in [2.75, 3.05) is 19.7 Å². The average molecular weight is 468 g/mol. The summed E-state index contributed by atoms with van der Waals surface area (Å²) in [5, 5.41) is 9.14. The summed E-state index contributed by atoms with van der Waals surface area (Å²) in [6.07, 6.45) is 1.31. The average Bonchev–Trinajstić information content (AvgIpc) is 2.73. The third-order valence-electron chi connectivity index (χ3n) is 5.07. The molecule has 0 radical (unpaired) electrons. The maximum absolute atomic E-state index is 13.0. The second kappa shape index (κ2) is 9.89. The first-order valence-electron chi connectivity index (χ1n) is 10.1. The summed E-state index contributed by atoms with van der Waals surface area (Å²) in [6, 6.07) is 11.8. The van der Waals surface area contributed by atoms with Gasteiger partial charge in [-0.25, -0.2) is 13.2 Å². The van der Waals surface area contributed by atoms with Crippen molar-refractivity contribution in [3.05, 3.63) is 53.1 Å². The molecule has 1 aliphatic heterocycles. The molecule has 1 heterocycles. The third kappa shape index (κ3) is 5.90. The van der Waals surface area contributed by atoms with Crippen molar-refractivity contribution in [1.29, 1.82) is 0 Å². The minimum Gasteiger partial charge on any atom is -0.491 e. The molecule has 1 N–H and O–H groups in total. The fourth-order valence-electron chi connectivity index (χ4n) is 3.56. The lowest BCUT2D eigenvalue weighted by Crippen LogP contribution is -2.37. The van der Waals surface area contributed by atoms with Gasteiger partial charge in [-0.3, -0.25) is 0 Å². The van der Waals surface area contributed by atoms with Crippen LogP contribution in [0.1, 0.15) is 38.2 Å². The lowest BCUT2D eigenvalue weighted by atomic mass is 9.90. The normalized spacial score (nSPS) is 15.7. The maximum Gasteiger partial charge on any atom is 0.341 e. The summed E-state index contributed by atoms with van der Waals surface area (Å²) in [5.41, 5.74) is 0.956. The van der Waals surface area contributed by atoms with Gasteiger partial charge in [0.2, 0.25) is 10.0 Å². The van der Waals surface area contributed by atoms with Crippen molar-refractivity contribution in [3.63, 3.8) is 0 Å². The summed E-state index contributed by atoms with van der Waals surface area (Å²) < 4.78 is 38.3. The Labute approximate surface area is 187 Å². The van der Waals surface area contributed by atoms with Crippen LogP contribution in [0.2, 0.25) is 5.02 Å². The maximum atomic E-state index is 13.0. The van der Waals surface area contributed by atoms with Crippen molar-refractivity contribution < 1.29 is 27.8 Å². The van der Waals surface area contributed by atoms with Crippen molar-refractivity contribution in [3.8, 4) is 11.5 Å². The zero-order valence-corrected chi connectivity index (χ0v) is 19.0. The molecule has 1 fully saturated rings. The first kappa shape index (κ1) is 23.4. The molecule has 0 atom stereocenters. The lowest BCUT2D eigenvalue weighted by Gasteiger charge is -2.31. The van der Waals surface area contributed by atoms with Gasteiger partial charge in [0.05, 0.1) is 16.0 Å². The number of sulfonamides is 1. The zero-order valence-electron chi connectivity index (χ0n) is 17.5. The van der Waals surface area contributed by atoms with Gasteiger partial charge in [-0.15, -0.1) is 0 Å². The third-order valence-corrected chi connectivity index (χ3v) is 7.29. The fraction of sp³-hybridized carbons (Fsp3) is 0.409. The minimum absolute atomic E-state index is 0.0180. The Bertz CT molecular complexity index is 1010. The smallest absolute Gasteiger partial charge is 0.341 e. The highest BCUT2D eigenvalue weighted by molar-refractivity contribution is 7.89. The quantitative estimate of drug-likeness (QED) is 0.626. The number of benzene rings is 2. The van der Waals surface area contributed by atoms with E-state index >= 15 is 0 Å². The van der Waals surface area contributed by atoms with Crippen LogP contribution in [-0.4, -0.2) is 49.6 Å². The molecule has 3 rings (SSSR count). The Morgan fingerprint density at radius 1 is 1.16 bits per heavy atom. The van der Waals surface area contributed by atoms with E-state index in [1.165, 1.54) is 4.31 Å². The van der Waals surface area contributed by atoms with Crippen molar-refractivity contribution in [1.82, 2.24) is 4.31 Å². The van der Waals surface area contributed by atoms with Gasteiger partial charge in [0.15, 0.2) is 6.61 Å². The van der Waals surface area contributed by atoms with Crippen LogP contribution in [0.25, 0.3) is 0 Å². The molecule has 168 valence electrons. The molecule has 1 saturated heterocycles.